The first-order valence-corrected chi connectivity index (χ1v) is 7.38. The summed E-state index contributed by atoms with van der Waals surface area (Å²) in [7, 11) is 0. The van der Waals surface area contributed by atoms with Crippen molar-refractivity contribution in [1.29, 1.82) is 0 Å². The Morgan fingerprint density at radius 3 is 3.00 bits per heavy atom. The summed E-state index contributed by atoms with van der Waals surface area (Å²) in [5.74, 6) is -0.123. The number of carboxylic acid groups (broad SMARTS) is 1. The van der Waals surface area contributed by atoms with E-state index in [-0.39, 0.29) is 5.91 Å². The molecule has 104 valence electrons. The highest BCUT2D eigenvalue weighted by Crippen LogP contribution is 2.22. The maximum absolute atomic E-state index is 12.6. The minimum absolute atomic E-state index is 0.291. The first-order valence-electron chi connectivity index (χ1n) is 6.23. The van der Waals surface area contributed by atoms with Gasteiger partial charge < -0.3 is 10.0 Å². The molecule has 1 aromatic heterocycles. The Labute approximate surface area is 119 Å². The fraction of sp³-hybridized carbons (Fsp3) is 0.308. The Kier molecular flexibility index (Phi) is 3.35. The Balaban J connectivity index is 1.96. The molecule has 0 aliphatic carbocycles. The highest BCUT2D eigenvalue weighted by molar-refractivity contribution is 7.99. The quantitative estimate of drug-likeness (QED) is 0.868. The molecule has 0 radical (unpaired) electrons. The van der Waals surface area contributed by atoms with Crippen molar-refractivity contribution in [2.75, 3.05) is 18.1 Å². The van der Waals surface area contributed by atoms with Crippen molar-refractivity contribution >= 4 is 34.5 Å². The molecule has 7 heteroatoms. The molecule has 0 spiro atoms. The zero-order chi connectivity index (χ0) is 14.1. The number of hydrogen-bond donors (Lipinski definition) is 2. The summed E-state index contributed by atoms with van der Waals surface area (Å²) in [4.78, 5) is 25.2. The predicted molar refractivity (Wildman–Crippen MR) is 75.9 cm³/mol. The lowest BCUT2D eigenvalue weighted by atomic mass is 10.1. The van der Waals surface area contributed by atoms with Crippen molar-refractivity contribution in [2.45, 2.75) is 6.04 Å². The van der Waals surface area contributed by atoms with E-state index in [0.29, 0.717) is 18.0 Å². The van der Waals surface area contributed by atoms with Gasteiger partial charge in [0, 0.05) is 23.4 Å². The molecule has 0 saturated carbocycles. The van der Waals surface area contributed by atoms with Crippen LogP contribution in [0.4, 0.5) is 0 Å². The highest BCUT2D eigenvalue weighted by Gasteiger charge is 2.34. The van der Waals surface area contributed by atoms with Crippen LogP contribution in [0.25, 0.3) is 10.9 Å². The van der Waals surface area contributed by atoms with E-state index in [0.717, 1.165) is 16.7 Å². The maximum atomic E-state index is 12.6. The van der Waals surface area contributed by atoms with Crippen LogP contribution < -0.4 is 0 Å². The zero-order valence-electron chi connectivity index (χ0n) is 10.6. The summed E-state index contributed by atoms with van der Waals surface area (Å²) < 4.78 is 0. The lowest BCUT2D eigenvalue weighted by Crippen LogP contribution is -2.50. The number of aromatic amines is 1. The van der Waals surface area contributed by atoms with E-state index in [1.165, 1.54) is 4.90 Å². The Morgan fingerprint density at radius 1 is 1.40 bits per heavy atom. The maximum Gasteiger partial charge on any atom is 0.327 e. The van der Waals surface area contributed by atoms with Gasteiger partial charge in [-0.05, 0) is 6.07 Å². The van der Waals surface area contributed by atoms with Gasteiger partial charge in [-0.25, -0.2) is 4.79 Å². The molecule has 1 aliphatic rings. The summed E-state index contributed by atoms with van der Waals surface area (Å²) in [6.45, 7) is 0.432. The standard InChI is InChI=1S/C13H13N3O3S/c17-12(16-5-6-20-7-10(16)13(18)19)11-8-3-1-2-4-9(8)14-15-11/h1-4,10H,5-7H2,(H,14,15)(H,18,19). The van der Waals surface area contributed by atoms with Gasteiger partial charge in [0.25, 0.3) is 5.91 Å². The smallest absolute Gasteiger partial charge is 0.327 e. The average molecular weight is 291 g/mol. The summed E-state index contributed by atoms with van der Waals surface area (Å²) >= 11 is 1.55. The van der Waals surface area contributed by atoms with Crippen molar-refractivity contribution in [1.82, 2.24) is 15.1 Å². The molecule has 1 aliphatic heterocycles. The lowest BCUT2D eigenvalue weighted by Gasteiger charge is -2.32. The van der Waals surface area contributed by atoms with Gasteiger partial charge in [-0.2, -0.15) is 16.9 Å². The monoisotopic (exact) mass is 291 g/mol. The third-order valence-corrected chi connectivity index (χ3v) is 4.37. The molecule has 6 nitrogen and oxygen atoms in total. The van der Waals surface area contributed by atoms with Crippen molar-refractivity contribution in [3.05, 3.63) is 30.0 Å². The van der Waals surface area contributed by atoms with Crippen LogP contribution in [0, 0.1) is 0 Å². The third-order valence-electron chi connectivity index (χ3n) is 3.35. The second kappa shape index (κ2) is 5.16. The van der Waals surface area contributed by atoms with Gasteiger partial charge in [-0.15, -0.1) is 0 Å². The molecule has 1 atom stereocenters. The number of benzene rings is 1. The molecule has 1 amide bonds. The molecule has 20 heavy (non-hydrogen) atoms. The van der Waals surface area contributed by atoms with Gasteiger partial charge in [-0.1, -0.05) is 18.2 Å². The molecule has 1 aromatic carbocycles. The molecule has 0 bridgehead atoms. The number of rotatable bonds is 2. The Morgan fingerprint density at radius 2 is 2.20 bits per heavy atom. The Hall–Kier alpha value is -2.02. The topological polar surface area (TPSA) is 86.3 Å². The number of nitrogens with one attached hydrogen (secondary N) is 1. The fourth-order valence-corrected chi connectivity index (χ4v) is 3.35. The molecule has 2 heterocycles. The van der Waals surface area contributed by atoms with Gasteiger partial charge in [0.1, 0.15) is 6.04 Å². The van der Waals surface area contributed by atoms with E-state index in [4.69, 9.17) is 0 Å². The van der Waals surface area contributed by atoms with Crippen LogP contribution >= 0.6 is 11.8 Å². The molecule has 1 fully saturated rings. The van der Waals surface area contributed by atoms with E-state index in [1.54, 1.807) is 17.8 Å². The molecule has 2 aromatic rings. The van der Waals surface area contributed by atoms with Crippen molar-refractivity contribution in [2.24, 2.45) is 0 Å². The number of para-hydroxylation sites is 1. The molecule has 3 rings (SSSR count). The third kappa shape index (κ3) is 2.14. The number of aromatic nitrogens is 2. The van der Waals surface area contributed by atoms with Crippen molar-refractivity contribution < 1.29 is 14.7 Å². The summed E-state index contributed by atoms with van der Waals surface area (Å²) in [6.07, 6.45) is 0. The van der Waals surface area contributed by atoms with Crippen molar-refractivity contribution in [3.63, 3.8) is 0 Å². The van der Waals surface area contributed by atoms with Crippen molar-refractivity contribution in [3.8, 4) is 0 Å². The van der Waals surface area contributed by atoms with Crippen LogP contribution in [-0.2, 0) is 4.79 Å². The second-order valence-corrected chi connectivity index (χ2v) is 5.70. The fourth-order valence-electron chi connectivity index (χ4n) is 2.31. The van der Waals surface area contributed by atoms with Gasteiger partial charge in [-0.3, -0.25) is 9.89 Å². The first-order chi connectivity index (χ1) is 9.68. The molecule has 1 saturated heterocycles. The van der Waals surface area contributed by atoms with Crippen LogP contribution in [-0.4, -0.2) is 56.2 Å². The van der Waals surface area contributed by atoms with Crippen LogP contribution in [0.2, 0.25) is 0 Å². The zero-order valence-corrected chi connectivity index (χ0v) is 11.4. The largest absolute Gasteiger partial charge is 0.480 e. The molecule has 2 N–H and O–H groups in total. The minimum atomic E-state index is -0.967. The molecular weight excluding hydrogens is 278 g/mol. The Bertz CT molecular complexity index is 670. The van der Waals surface area contributed by atoms with E-state index in [1.807, 2.05) is 18.2 Å². The summed E-state index contributed by atoms with van der Waals surface area (Å²) in [6, 6.07) is 6.54. The number of H-pyrrole nitrogens is 1. The van der Waals surface area contributed by atoms with Crippen LogP contribution in [0.1, 0.15) is 10.5 Å². The first kappa shape index (κ1) is 13.0. The summed E-state index contributed by atoms with van der Waals surface area (Å²) in [5, 5.41) is 16.8. The predicted octanol–water partition coefficient (Wildman–Crippen LogP) is 1.21. The van der Waals surface area contributed by atoms with Crippen LogP contribution in [0.15, 0.2) is 24.3 Å². The second-order valence-electron chi connectivity index (χ2n) is 4.55. The van der Waals surface area contributed by atoms with E-state index in [9.17, 15) is 14.7 Å². The van der Waals surface area contributed by atoms with E-state index in [2.05, 4.69) is 10.2 Å². The lowest BCUT2D eigenvalue weighted by molar-refractivity contribution is -0.141. The van der Waals surface area contributed by atoms with Gasteiger partial charge in [0.05, 0.1) is 5.52 Å². The molecular formula is C13H13N3O3S. The number of fused-ring (bicyclic) bond motifs is 1. The number of amides is 1. The number of thioether (sulfide) groups is 1. The van der Waals surface area contributed by atoms with Crippen LogP contribution in [0.3, 0.4) is 0 Å². The average Bonchev–Trinajstić information content (AvgIpc) is 2.90. The summed E-state index contributed by atoms with van der Waals surface area (Å²) in [5.41, 5.74) is 1.06. The van der Waals surface area contributed by atoms with E-state index < -0.39 is 12.0 Å². The van der Waals surface area contributed by atoms with Gasteiger partial charge >= 0.3 is 5.97 Å². The molecule has 1 unspecified atom stereocenters. The minimum Gasteiger partial charge on any atom is -0.480 e. The number of carboxylic acids is 1. The number of nitrogens with zero attached hydrogens (tertiary/aromatic N) is 2. The highest BCUT2D eigenvalue weighted by atomic mass is 32.2. The number of hydrogen-bond acceptors (Lipinski definition) is 4. The number of carbonyl (C=O) groups is 2. The number of carbonyl (C=O) groups excluding carboxylic acids is 1. The SMILES string of the molecule is O=C(O)C1CSCCN1C(=O)c1n[nH]c2ccccc12. The van der Waals surface area contributed by atoms with Gasteiger partial charge in [0.15, 0.2) is 5.69 Å². The number of aliphatic carboxylic acids is 1. The van der Waals surface area contributed by atoms with Crippen LogP contribution in [0.5, 0.6) is 0 Å². The van der Waals surface area contributed by atoms with Gasteiger partial charge in [0.2, 0.25) is 0 Å². The normalized spacial score (nSPS) is 19.2. The van der Waals surface area contributed by atoms with E-state index >= 15 is 0 Å².